The minimum absolute atomic E-state index is 0.0427. The molecule has 0 bridgehead atoms. The third-order valence-electron chi connectivity index (χ3n) is 4.09. The Balaban J connectivity index is 1.94. The molecule has 2 aliphatic rings. The zero-order valence-electron chi connectivity index (χ0n) is 11.3. The van der Waals surface area contributed by atoms with Gasteiger partial charge in [-0.05, 0) is 36.8 Å². The summed E-state index contributed by atoms with van der Waals surface area (Å²) in [5.41, 5.74) is 2.27. The van der Waals surface area contributed by atoms with E-state index in [0.29, 0.717) is 0 Å². The first-order chi connectivity index (χ1) is 9.25. The lowest BCUT2D eigenvalue weighted by molar-refractivity contribution is 0.0933. The van der Waals surface area contributed by atoms with Gasteiger partial charge in [0.2, 0.25) is 0 Å². The van der Waals surface area contributed by atoms with E-state index in [1.54, 1.807) is 0 Å². The predicted molar refractivity (Wildman–Crippen MR) is 75.5 cm³/mol. The van der Waals surface area contributed by atoms with Crippen molar-refractivity contribution in [3.05, 3.63) is 59.4 Å². The molecule has 0 fully saturated rings. The van der Waals surface area contributed by atoms with Crippen LogP contribution in [0.5, 0.6) is 0 Å². The lowest BCUT2D eigenvalue weighted by Crippen LogP contribution is -2.21. The molecule has 2 heteroatoms. The first-order valence-electron chi connectivity index (χ1n) is 7.05. The summed E-state index contributed by atoms with van der Waals surface area (Å²) in [6.45, 7) is 2.11. The maximum absolute atomic E-state index is 10.4. The van der Waals surface area contributed by atoms with Gasteiger partial charge in [-0.1, -0.05) is 43.3 Å². The second-order valence-corrected chi connectivity index (χ2v) is 5.51. The normalized spacial score (nSPS) is 30.5. The molecule has 100 valence electrons. The van der Waals surface area contributed by atoms with Gasteiger partial charge in [-0.25, -0.2) is 0 Å². The van der Waals surface area contributed by atoms with Gasteiger partial charge >= 0.3 is 0 Å². The number of rotatable bonds is 1. The molecule has 3 atom stereocenters. The number of benzene rings is 1. The van der Waals surface area contributed by atoms with Crippen LogP contribution in [-0.2, 0) is 4.74 Å². The van der Waals surface area contributed by atoms with Gasteiger partial charge < -0.3 is 9.84 Å². The van der Waals surface area contributed by atoms with E-state index in [4.69, 9.17) is 4.74 Å². The van der Waals surface area contributed by atoms with Crippen LogP contribution >= 0.6 is 0 Å². The SMILES string of the molecule is CC1CC(c2ccccc2)OC2=C(CCC=C2)C1O. The van der Waals surface area contributed by atoms with Crippen LogP contribution in [0.4, 0.5) is 0 Å². The highest BCUT2D eigenvalue weighted by molar-refractivity contribution is 5.30. The number of allylic oxidation sites excluding steroid dienone is 2. The Labute approximate surface area is 114 Å². The molecule has 3 unspecified atom stereocenters. The molecular weight excluding hydrogens is 236 g/mol. The molecule has 0 aromatic heterocycles. The largest absolute Gasteiger partial charge is 0.486 e. The van der Waals surface area contributed by atoms with Crippen molar-refractivity contribution in [1.29, 1.82) is 0 Å². The summed E-state index contributed by atoms with van der Waals surface area (Å²) in [6.07, 6.45) is 6.60. The maximum Gasteiger partial charge on any atom is 0.124 e. The zero-order valence-corrected chi connectivity index (χ0v) is 11.3. The minimum atomic E-state index is -0.367. The van der Waals surface area contributed by atoms with Gasteiger partial charge in [0.05, 0.1) is 6.10 Å². The van der Waals surface area contributed by atoms with Crippen molar-refractivity contribution in [1.82, 2.24) is 0 Å². The Morgan fingerprint density at radius 1 is 1.21 bits per heavy atom. The van der Waals surface area contributed by atoms with E-state index in [0.717, 1.165) is 30.6 Å². The fraction of sp³-hybridized carbons (Fsp3) is 0.412. The smallest absolute Gasteiger partial charge is 0.124 e. The lowest BCUT2D eigenvalue weighted by atomic mass is 9.88. The summed E-state index contributed by atoms with van der Waals surface area (Å²) in [4.78, 5) is 0. The zero-order chi connectivity index (χ0) is 13.2. The van der Waals surface area contributed by atoms with E-state index in [1.165, 1.54) is 5.56 Å². The van der Waals surface area contributed by atoms with Crippen molar-refractivity contribution in [2.24, 2.45) is 5.92 Å². The average molecular weight is 256 g/mol. The number of hydrogen-bond donors (Lipinski definition) is 1. The second kappa shape index (κ2) is 5.22. The van der Waals surface area contributed by atoms with Gasteiger partial charge in [-0.15, -0.1) is 0 Å². The number of aliphatic hydroxyl groups excluding tert-OH is 1. The van der Waals surface area contributed by atoms with Crippen molar-refractivity contribution in [3.8, 4) is 0 Å². The van der Waals surface area contributed by atoms with Crippen LogP contribution in [0.1, 0.15) is 37.9 Å². The van der Waals surface area contributed by atoms with Crippen LogP contribution in [0.3, 0.4) is 0 Å². The molecule has 19 heavy (non-hydrogen) atoms. The van der Waals surface area contributed by atoms with Gasteiger partial charge in [-0.2, -0.15) is 0 Å². The molecular formula is C17H20O2. The Bertz CT molecular complexity index is 501. The van der Waals surface area contributed by atoms with Crippen LogP contribution in [0.2, 0.25) is 0 Å². The number of aliphatic hydroxyl groups is 1. The first kappa shape index (κ1) is 12.5. The summed E-state index contributed by atoms with van der Waals surface area (Å²) in [5, 5.41) is 10.4. The topological polar surface area (TPSA) is 29.5 Å². The first-order valence-corrected chi connectivity index (χ1v) is 7.05. The highest BCUT2D eigenvalue weighted by Gasteiger charge is 2.31. The van der Waals surface area contributed by atoms with Gasteiger partial charge in [0.25, 0.3) is 0 Å². The van der Waals surface area contributed by atoms with E-state index >= 15 is 0 Å². The van der Waals surface area contributed by atoms with Crippen molar-refractivity contribution >= 4 is 0 Å². The molecule has 0 spiro atoms. The summed E-state index contributed by atoms with van der Waals surface area (Å²) >= 11 is 0. The highest BCUT2D eigenvalue weighted by Crippen LogP contribution is 2.38. The molecule has 3 rings (SSSR count). The van der Waals surface area contributed by atoms with Gasteiger partial charge in [0, 0.05) is 5.57 Å². The highest BCUT2D eigenvalue weighted by atomic mass is 16.5. The maximum atomic E-state index is 10.4. The Hall–Kier alpha value is -1.54. The van der Waals surface area contributed by atoms with Crippen molar-refractivity contribution in [2.75, 3.05) is 0 Å². The van der Waals surface area contributed by atoms with Crippen molar-refractivity contribution < 1.29 is 9.84 Å². The minimum Gasteiger partial charge on any atom is -0.486 e. The van der Waals surface area contributed by atoms with Crippen LogP contribution in [-0.4, -0.2) is 11.2 Å². The summed E-state index contributed by atoms with van der Waals surface area (Å²) in [7, 11) is 0. The fourth-order valence-corrected chi connectivity index (χ4v) is 2.95. The molecule has 0 radical (unpaired) electrons. The Morgan fingerprint density at radius 2 is 2.00 bits per heavy atom. The van der Waals surface area contributed by atoms with Crippen LogP contribution < -0.4 is 0 Å². The molecule has 1 N–H and O–H groups in total. The standard InChI is InChI=1S/C17H20O2/c1-12-11-16(13-7-3-2-4-8-13)19-15-10-6-5-9-14(15)17(12)18/h2-4,6-8,10,12,16-18H,5,9,11H2,1H3. The van der Waals surface area contributed by atoms with E-state index in [-0.39, 0.29) is 18.1 Å². The molecule has 1 heterocycles. The third kappa shape index (κ3) is 2.45. The molecule has 0 saturated heterocycles. The van der Waals surface area contributed by atoms with Gasteiger partial charge in [0.15, 0.2) is 0 Å². The van der Waals surface area contributed by atoms with Crippen LogP contribution in [0.25, 0.3) is 0 Å². The van der Waals surface area contributed by atoms with Gasteiger partial charge in [0.1, 0.15) is 11.9 Å². The quantitative estimate of drug-likeness (QED) is 0.829. The Kier molecular flexibility index (Phi) is 3.43. The Morgan fingerprint density at radius 3 is 2.79 bits per heavy atom. The van der Waals surface area contributed by atoms with E-state index in [2.05, 4.69) is 25.1 Å². The van der Waals surface area contributed by atoms with E-state index in [9.17, 15) is 5.11 Å². The molecule has 2 nitrogen and oxygen atoms in total. The summed E-state index contributed by atoms with van der Waals surface area (Å²) < 4.78 is 6.18. The number of hydrogen-bond acceptors (Lipinski definition) is 2. The molecule has 0 amide bonds. The van der Waals surface area contributed by atoms with E-state index in [1.807, 2.05) is 24.3 Å². The van der Waals surface area contributed by atoms with Crippen LogP contribution in [0, 0.1) is 5.92 Å². The molecule has 1 aromatic rings. The average Bonchev–Trinajstić information content (AvgIpc) is 2.58. The fourth-order valence-electron chi connectivity index (χ4n) is 2.95. The van der Waals surface area contributed by atoms with Crippen molar-refractivity contribution in [3.63, 3.8) is 0 Å². The van der Waals surface area contributed by atoms with Gasteiger partial charge in [-0.3, -0.25) is 0 Å². The molecule has 1 aromatic carbocycles. The molecule has 1 aliphatic carbocycles. The third-order valence-corrected chi connectivity index (χ3v) is 4.09. The summed E-state index contributed by atoms with van der Waals surface area (Å²) in [5.74, 6) is 1.11. The predicted octanol–water partition coefficient (Wildman–Crippen LogP) is 3.75. The molecule has 0 saturated carbocycles. The number of ether oxygens (including phenoxy) is 1. The van der Waals surface area contributed by atoms with Crippen molar-refractivity contribution in [2.45, 2.75) is 38.4 Å². The monoisotopic (exact) mass is 256 g/mol. The van der Waals surface area contributed by atoms with Crippen LogP contribution in [0.15, 0.2) is 53.8 Å². The lowest BCUT2D eigenvalue weighted by Gasteiger charge is -2.20. The molecule has 1 aliphatic heterocycles. The summed E-state index contributed by atoms with van der Waals surface area (Å²) in [6, 6.07) is 10.3. The van der Waals surface area contributed by atoms with E-state index < -0.39 is 0 Å². The second-order valence-electron chi connectivity index (χ2n) is 5.51.